The number of oxime groups is 1. The van der Waals surface area contributed by atoms with Gasteiger partial charge in [0.25, 0.3) is 0 Å². The van der Waals surface area contributed by atoms with Gasteiger partial charge in [0.05, 0.1) is 14.7 Å². The molecule has 0 radical (unpaired) electrons. The molecule has 2 fully saturated rings. The van der Waals surface area contributed by atoms with Crippen LogP contribution in [0.25, 0.3) is 0 Å². The van der Waals surface area contributed by atoms with Crippen molar-refractivity contribution >= 4 is 59.9 Å². The number of anilines is 1. The maximum Gasteiger partial charge on any atom is 0.226 e. The van der Waals surface area contributed by atoms with E-state index in [9.17, 15) is 15.1 Å². The van der Waals surface area contributed by atoms with E-state index >= 15 is 0 Å². The van der Waals surface area contributed by atoms with Crippen molar-refractivity contribution in [2.45, 2.75) is 64.7 Å². The minimum atomic E-state index is -0.133. The quantitative estimate of drug-likeness (QED) is 0.256. The van der Waals surface area contributed by atoms with Crippen LogP contribution in [0.4, 0.5) is 5.13 Å². The van der Waals surface area contributed by atoms with Crippen molar-refractivity contribution in [2.75, 3.05) is 5.32 Å². The number of aromatic hydroxyl groups is 1. The number of aryl methyl sites for hydroxylation is 1. The number of benzene rings is 1. The molecule has 6 nitrogen and oxygen atoms in total. The Bertz CT molecular complexity index is 1170. The number of amides is 1. The molecule has 0 bridgehead atoms. The third kappa shape index (κ3) is 4.01. The fraction of sp³-hybridized carbons (Fsp3) is 0.560. The van der Waals surface area contributed by atoms with Crippen molar-refractivity contribution in [3.05, 3.63) is 37.2 Å². The van der Waals surface area contributed by atoms with Crippen molar-refractivity contribution in [1.29, 1.82) is 0 Å². The third-order valence-corrected chi connectivity index (χ3v) is 10.8. The summed E-state index contributed by atoms with van der Waals surface area (Å²) >= 11 is 8.64. The van der Waals surface area contributed by atoms with Crippen LogP contribution in [0.1, 0.15) is 67.4 Å². The largest absolute Gasteiger partial charge is 0.506 e. The van der Waals surface area contributed by atoms with Gasteiger partial charge < -0.3 is 15.6 Å². The average Bonchev–Trinajstić information content (AvgIpc) is 3.35. The predicted molar refractivity (Wildman–Crippen MR) is 141 cm³/mol. The molecule has 3 aliphatic carbocycles. The summed E-state index contributed by atoms with van der Waals surface area (Å²) in [4.78, 5) is 18.0. The maximum absolute atomic E-state index is 12.7. The summed E-state index contributed by atoms with van der Waals surface area (Å²) in [5, 5.41) is 27.6. The van der Waals surface area contributed by atoms with Crippen LogP contribution in [0.5, 0.6) is 5.75 Å². The van der Waals surface area contributed by atoms with E-state index < -0.39 is 0 Å². The average molecular weight is 611 g/mol. The van der Waals surface area contributed by atoms with E-state index in [0.717, 1.165) is 58.1 Å². The number of nitrogens with zero attached hydrogens (tertiary/aromatic N) is 2. The summed E-state index contributed by atoms with van der Waals surface area (Å²) in [5.41, 5.74) is 3.30. The Morgan fingerprint density at radius 3 is 2.88 bits per heavy atom. The van der Waals surface area contributed by atoms with E-state index in [4.69, 9.17) is 0 Å². The summed E-state index contributed by atoms with van der Waals surface area (Å²) < 4.78 is 1.53. The topological polar surface area (TPSA) is 94.8 Å². The van der Waals surface area contributed by atoms with E-state index in [1.165, 1.54) is 22.5 Å². The summed E-state index contributed by atoms with van der Waals surface area (Å²) in [6.07, 6.45) is 7.68. The van der Waals surface area contributed by atoms with Crippen LogP contribution in [-0.2, 0) is 11.2 Å². The molecule has 3 N–H and O–H groups in total. The molecule has 0 unspecified atom stereocenters. The Morgan fingerprint density at radius 2 is 2.18 bits per heavy atom. The van der Waals surface area contributed by atoms with Crippen LogP contribution in [0, 0.1) is 30.1 Å². The first-order valence-corrected chi connectivity index (χ1v) is 14.3. The van der Waals surface area contributed by atoms with Crippen molar-refractivity contribution < 1.29 is 15.1 Å². The highest BCUT2D eigenvalue weighted by atomic mass is 79.9. The van der Waals surface area contributed by atoms with E-state index in [1.54, 1.807) is 6.20 Å². The van der Waals surface area contributed by atoms with Crippen LogP contribution >= 0.6 is 43.2 Å². The molecule has 182 valence electrons. The van der Waals surface area contributed by atoms with Crippen LogP contribution < -0.4 is 5.32 Å². The van der Waals surface area contributed by atoms with Gasteiger partial charge in [-0.3, -0.25) is 4.79 Å². The lowest BCUT2D eigenvalue weighted by atomic mass is 9.54. The van der Waals surface area contributed by atoms with Gasteiger partial charge in [0.15, 0.2) is 5.13 Å². The lowest BCUT2D eigenvalue weighted by molar-refractivity contribution is -0.116. The number of hydrogen-bond donors (Lipinski definition) is 3. The first kappa shape index (κ1) is 24.3. The molecule has 5 rings (SSSR count). The highest BCUT2D eigenvalue weighted by molar-refractivity contribution is 9.11. The summed E-state index contributed by atoms with van der Waals surface area (Å²) in [7, 11) is 0. The number of carbonyl (C=O) groups is 1. The number of hydrogen-bond acceptors (Lipinski definition) is 6. The van der Waals surface area contributed by atoms with Crippen molar-refractivity contribution in [3.8, 4) is 5.75 Å². The third-order valence-electron chi connectivity index (χ3n) is 8.50. The van der Waals surface area contributed by atoms with E-state index in [2.05, 4.69) is 60.3 Å². The number of fused-ring (bicyclic) bond motifs is 5. The molecule has 34 heavy (non-hydrogen) atoms. The van der Waals surface area contributed by atoms with Gasteiger partial charge in [-0.15, -0.1) is 11.3 Å². The van der Waals surface area contributed by atoms with Crippen LogP contribution in [0.2, 0.25) is 0 Å². The van der Waals surface area contributed by atoms with Gasteiger partial charge in [-0.2, -0.15) is 0 Å². The van der Waals surface area contributed by atoms with E-state index in [0.29, 0.717) is 35.2 Å². The monoisotopic (exact) mass is 609 g/mol. The molecule has 1 aromatic heterocycles. The standard InChI is InChI=1S/C25H29Br2N3O3S/c1-12-11-28-24(34-12)29-20(31)6-3-13-9-19(30-33)25(2)8-7-14-15(21(13)25)4-5-16-17(14)10-18(26)23(32)22(16)27/h10-11,13-15,21,32-33H,3-9H2,1-2H3,(H,28,29,31)/b30-19+/t13-,14+,15-,21+,25-/m1/s1. The van der Waals surface area contributed by atoms with Crippen LogP contribution in [-0.4, -0.2) is 26.9 Å². The van der Waals surface area contributed by atoms with Gasteiger partial charge >= 0.3 is 0 Å². The van der Waals surface area contributed by atoms with Gasteiger partial charge in [0, 0.05) is 22.9 Å². The Kier molecular flexibility index (Phi) is 6.57. The molecule has 5 atom stereocenters. The van der Waals surface area contributed by atoms with Gasteiger partial charge in [-0.25, -0.2) is 4.98 Å². The van der Waals surface area contributed by atoms with E-state index in [-0.39, 0.29) is 17.1 Å². The fourth-order valence-corrected chi connectivity index (χ4v) is 9.08. The first-order valence-electron chi connectivity index (χ1n) is 11.9. The number of halogens is 2. The van der Waals surface area contributed by atoms with Crippen LogP contribution in [0.15, 0.2) is 26.4 Å². The zero-order chi connectivity index (χ0) is 24.2. The molecule has 0 saturated heterocycles. The molecule has 2 saturated carbocycles. The molecular weight excluding hydrogens is 582 g/mol. The molecule has 1 aromatic carbocycles. The highest BCUT2D eigenvalue weighted by Gasteiger charge is 2.57. The number of carbonyl (C=O) groups excluding carboxylic acids is 1. The SMILES string of the molecule is Cc1cnc(NC(=O)CC[C@@H]2C/C(=N\O)[C@@]3(C)CC[C@@H]4c5cc(Br)c(O)c(Br)c5CC[C@H]4[C@H]23)s1. The minimum absolute atomic E-state index is 0.00451. The number of rotatable bonds is 4. The van der Waals surface area contributed by atoms with Gasteiger partial charge in [-0.1, -0.05) is 12.1 Å². The summed E-state index contributed by atoms with van der Waals surface area (Å²) in [5.74, 6) is 1.80. The second-order valence-electron chi connectivity index (χ2n) is 10.3. The van der Waals surface area contributed by atoms with Crippen molar-refractivity contribution in [1.82, 2.24) is 4.98 Å². The number of phenols is 1. The number of nitrogens with one attached hydrogen (secondary N) is 1. The van der Waals surface area contributed by atoms with Crippen molar-refractivity contribution in [3.63, 3.8) is 0 Å². The molecule has 3 aliphatic rings. The maximum atomic E-state index is 12.7. The second kappa shape index (κ2) is 9.21. The molecule has 0 aliphatic heterocycles. The lowest BCUT2D eigenvalue weighted by Gasteiger charge is -2.50. The number of phenolic OH excluding ortho intramolecular Hbond substituents is 1. The fourth-order valence-electron chi connectivity index (χ4n) is 7.05. The summed E-state index contributed by atoms with van der Waals surface area (Å²) in [6.45, 7) is 4.24. The smallest absolute Gasteiger partial charge is 0.226 e. The molecule has 2 aromatic rings. The Labute approximate surface area is 220 Å². The predicted octanol–water partition coefficient (Wildman–Crippen LogP) is 7.01. The molecule has 9 heteroatoms. The van der Waals surface area contributed by atoms with Crippen molar-refractivity contribution in [2.24, 2.45) is 28.3 Å². The highest BCUT2D eigenvalue weighted by Crippen LogP contribution is 2.63. The zero-order valence-electron chi connectivity index (χ0n) is 19.3. The van der Waals surface area contributed by atoms with Gasteiger partial charge in [-0.05, 0) is 118 Å². The Balaban J connectivity index is 1.39. The molecule has 1 heterocycles. The second-order valence-corrected chi connectivity index (χ2v) is 13.1. The van der Waals surface area contributed by atoms with Gasteiger partial charge in [0.2, 0.25) is 5.91 Å². The molecule has 0 spiro atoms. The van der Waals surface area contributed by atoms with Crippen LogP contribution in [0.3, 0.4) is 0 Å². The summed E-state index contributed by atoms with van der Waals surface area (Å²) in [6, 6.07) is 2.10. The minimum Gasteiger partial charge on any atom is -0.506 e. The number of thiazole rings is 1. The van der Waals surface area contributed by atoms with E-state index in [1.807, 2.05) is 6.92 Å². The molecule has 1 amide bonds. The number of aromatic nitrogens is 1. The zero-order valence-corrected chi connectivity index (χ0v) is 23.3. The lowest BCUT2D eigenvalue weighted by Crippen LogP contribution is -2.44. The first-order chi connectivity index (χ1) is 16.2. The Morgan fingerprint density at radius 1 is 1.38 bits per heavy atom. The van der Waals surface area contributed by atoms with Gasteiger partial charge in [0.1, 0.15) is 5.75 Å². The normalized spacial score (nSPS) is 31.1. The Hall–Kier alpha value is -1.45. The molecular formula is C25H29Br2N3O3S.